The maximum atomic E-state index is 12.1. The highest BCUT2D eigenvalue weighted by Gasteiger charge is 2.12. The average molecular weight is 382 g/mol. The molecule has 0 aliphatic rings. The highest BCUT2D eigenvalue weighted by molar-refractivity contribution is 6.42. The molecule has 5 nitrogen and oxygen atoms in total. The second-order valence-corrected chi connectivity index (χ2v) is 5.72. The number of rotatable bonds is 6. The molecule has 0 saturated heterocycles. The Morgan fingerprint density at radius 1 is 0.960 bits per heavy atom. The average Bonchev–Trinajstić information content (AvgIpc) is 2.62. The van der Waals surface area contributed by atoms with Crippen molar-refractivity contribution in [3.05, 3.63) is 52.0 Å². The van der Waals surface area contributed by atoms with E-state index in [1.54, 1.807) is 36.4 Å². The molecule has 2 aromatic rings. The van der Waals surface area contributed by atoms with E-state index in [1.807, 2.05) is 0 Å². The molecule has 7 heteroatoms. The number of carbonyl (C=O) groups excluding carboxylic acids is 1. The van der Waals surface area contributed by atoms with Crippen LogP contribution in [0.15, 0.2) is 36.4 Å². The number of halogens is 2. The second kappa shape index (κ2) is 8.65. The van der Waals surface area contributed by atoms with Gasteiger partial charge in [0.25, 0.3) is 0 Å². The van der Waals surface area contributed by atoms with E-state index in [1.165, 1.54) is 27.4 Å². The van der Waals surface area contributed by atoms with Gasteiger partial charge in [0, 0.05) is 11.8 Å². The summed E-state index contributed by atoms with van der Waals surface area (Å²) in [5.41, 5.74) is 1.27. The summed E-state index contributed by atoms with van der Waals surface area (Å²) in [6.45, 7) is 0. The molecule has 132 valence electrons. The van der Waals surface area contributed by atoms with Crippen LogP contribution in [0.1, 0.15) is 5.56 Å². The molecule has 0 heterocycles. The molecule has 0 aliphatic carbocycles. The Labute approximate surface area is 156 Å². The summed E-state index contributed by atoms with van der Waals surface area (Å²) in [5.74, 6) is 1.19. The fourth-order valence-electron chi connectivity index (χ4n) is 2.13. The lowest BCUT2D eigenvalue weighted by Gasteiger charge is -2.12. The van der Waals surface area contributed by atoms with Gasteiger partial charge in [0.15, 0.2) is 11.5 Å². The molecule has 0 spiro atoms. The first-order chi connectivity index (χ1) is 12.0. The molecular formula is C18H17Cl2NO4. The van der Waals surface area contributed by atoms with Crippen molar-refractivity contribution < 1.29 is 19.0 Å². The Hall–Kier alpha value is -2.37. The molecule has 0 aliphatic heterocycles. The summed E-state index contributed by atoms with van der Waals surface area (Å²) < 4.78 is 15.8. The van der Waals surface area contributed by atoms with Crippen LogP contribution in [-0.4, -0.2) is 27.2 Å². The lowest BCUT2D eigenvalue weighted by atomic mass is 10.1. The summed E-state index contributed by atoms with van der Waals surface area (Å²) in [4.78, 5) is 12.1. The fraction of sp³-hybridized carbons (Fsp3) is 0.167. The molecule has 0 radical (unpaired) electrons. The van der Waals surface area contributed by atoms with Gasteiger partial charge in [-0.05, 0) is 42.0 Å². The molecule has 0 atom stereocenters. The highest BCUT2D eigenvalue weighted by atomic mass is 35.5. The number of nitrogens with one attached hydrogen (secondary N) is 1. The number of methoxy groups -OCH3 is 3. The molecule has 1 N–H and O–H groups in total. The summed E-state index contributed by atoms with van der Waals surface area (Å²) in [6, 6.07) is 8.34. The van der Waals surface area contributed by atoms with E-state index in [-0.39, 0.29) is 5.91 Å². The Morgan fingerprint density at radius 2 is 1.60 bits per heavy atom. The Bertz CT molecular complexity index is 781. The van der Waals surface area contributed by atoms with Gasteiger partial charge in [0.2, 0.25) is 11.7 Å². The summed E-state index contributed by atoms with van der Waals surface area (Å²) in [6.07, 6.45) is 3.03. The van der Waals surface area contributed by atoms with E-state index in [9.17, 15) is 4.79 Å². The predicted molar refractivity (Wildman–Crippen MR) is 100 cm³/mol. The smallest absolute Gasteiger partial charge is 0.248 e. The summed E-state index contributed by atoms with van der Waals surface area (Å²) in [5, 5.41) is 3.50. The van der Waals surface area contributed by atoms with Crippen LogP contribution in [0.3, 0.4) is 0 Å². The molecule has 0 fully saturated rings. The van der Waals surface area contributed by atoms with E-state index in [2.05, 4.69) is 5.32 Å². The Balaban J connectivity index is 2.17. The molecule has 0 unspecified atom stereocenters. The van der Waals surface area contributed by atoms with Gasteiger partial charge in [0.05, 0.1) is 31.4 Å². The minimum Gasteiger partial charge on any atom is -0.493 e. The number of carbonyl (C=O) groups is 1. The zero-order valence-electron chi connectivity index (χ0n) is 13.9. The number of amides is 1. The third kappa shape index (κ3) is 4.81. The lowest BCUT2D eigenvalue weighted by Crippen LogP contribution is -2.07. The number of ether oxygens (including phenoxy) is 3. The van der Waals surface area contributed by atoms with Gasteiger partial charge in [0.1, 0.15) is 0 Å². The van der Waals surface area contributed by atoms with Crippen LogP contribution in [0.5, 0.6) is 17.2 Å². The van der Waals surface area contributed by atoms with Gasteiger partial charge in [-0.1, -0.05) is 23.2 Å². The maximum Gasteiger partial charge on any atom is 0.248 e. The predicted octanol–water partition coefficient (Wildman–Crippen LogP) is 4.67. The van der Waals surface area contributed by atoms with Crippen molar-refractivity contribution in [2.45, 2.75) is 0 Å². The van der Waals surface area contributed by atoms with Crippen molar-refractivity contribution in [2.75, 3.05) is 26.6 Å². The topological polar surface area (TPSA) is 56.8 Å². The van der Waals surface area contributed by atoms with Crippen molar-refractivity contribution in [1.29, 1.82) is 0 Å². The van der Waals surface area contributed by atoms with Crippen molar-refractivity contribution in [3.8, 4) is 17.2 Å². The molecule has 0 bridgehead atoms. The van der Waals surface area contributed by atoms with Gasteiger partial charge in [-0.15, -0.1) is 0 Å². The second-order valence-electron chi connectivity index (χ2n) is 4.91. The van der Waals surface area contributed by atoms with E-state index in [0.717, 1.165) is 5.56 Å². The van der Waals surface area contributed by atoms with Crippen LogP contribution < -0.4 is 19.5 Å². The monoisotopic (exact) mass is 381 g/mol. The third-order valence-electron chi connectivity index (χ3n) is 3.30. The van der Waals surface area contributed by atoms with E-state index in [0.29, 0.717) is 33.0 Å². The zero-order chi connectivity index (χ0) is 18.4. The molecule has 1 amide bonds. The normalized spacial score (nSPS) is 10.6. The Kier molecular flexibility index (Phi) is 6.56. The van der Waals surface area contributed by atoms with Crippen LogP contribution in [-0.2, 0) is 4.79 Å². The van der Waals surface area contributed by atoms with Crippen molar-refractivity contribution >= 4 is 40.9 Å². The number of anilines is 1. The molecule has 25 heavy (non-hydrogen) atoms. The number of benzene rings is 2. The highest BCUT2D eigenvalue weighted by Crippen LogP contribution is 2.38. The molecular weight excluding hydrogens is 365 g/mol. The van der Waals surface area contributed by atoms with Crippen LogP contribution in [0.4, 0.5) is 5.69 Å². The van der Waals surface area contributed by atoms with Gasteiger partial charge in [-0.2, -0.15) is 0 Å². The Morgan fingerprint density at radius 3 is 2.12 bits per heavy atom. The largest absolute Gasteiger partial charge is 0.493 e. The SMILES string of the molecule is COc1cc(/C=C/C(=O)Nc2ccc(Cl)c(Cl)c2)cc(OC)c1OC. The van der Waals surface area contributed by atoms with Crippen LogP contribution in [0.2, 0.25) is 10.0 Å². The maximum absolute atomic E-state index is 12.1. The van der Waals surface area contributed by atoms with Gasteiger partial charge in [-0.3, -0.25) is 4.79 Å². The molecule has 2 aromatic carbocycles. The molecule has 0 aromatic heterocycles. The minimum atomic E-state index is -0.313. The van der Waals surface area contributed by atoms with Gasteiger partial charge < -0.3 is 19.5 Å². The van der Waals surface area contributed by atoms with Crippen LogP contribution in [0, 0.1) is 0 Å². The van der Waals surface area contributed by atoms with E-state index < -0.39 is 0 Å². The number of hydrogen-bond donors (Lipinski definition) is 1. The zero-order valence-corrected chi connectivity index (χ0v) is 15.4. The van der Waals surface area contributed by atoms with Crippen molar-refractivity contribution in [3.63, 3.8) is 0 Å². The molecule has 2 rings (SSSR count). The summed E-state index contributed by atoms with van der Waals surface area (Å²) >= 11 is 11.8. The molecule has 0 saturated carbocycles. The first-order valence-electron chi connectivity index (χ1n) is 7.22. The van der Waals surface area contributed by atoms with Crippen LogP contribution >= 0.6 is 23.2 Å². The number of hydrogen-bond acceptors (Lipinski definition) is 4. The standard InChI is InChI=1S/C18H17Cl2NO4/c1-23-15-8-11(9-16(24-2)18(15)25-3)4-7-17(22)21-12-5-6-13(19)14(20)10-12/h4-10H,1-3H3,(H,21,22)/b7-4+. The van der Waals surface area contributed by atoms with E-state index in [4.69, 9.17) is 37.4 Å². The minimum absolute atomic E-state index is 0.313. The fourth-order valence-corrected chi connectivity index (χ4v) is 2.43. The third-order valence-corrected chi connectivity index (χ3v) is 4.04. The van der Waals surface area contributed by atoms with Crippen molar-refractivity contribution in [2.24, 2.45) is 0 Å². The summed E-state index contributed by atoms with van der Waals surface area (Å²) in [7, 11) is 4.59. The van der Waals surface area contributed by atoms with Crippen molar-refractivity contribution in [1.82, 2.24) is 0 Å². The van der Waals surface area contributed by atoms with E-state index >= 15 is 0 Å². The van der Waals surface area contributed by atoms with Gasteiger partial charge in [-0.25, -0.2) is 0 Å². The first-order valence-corrected chi connectivity index (χ1v) is 7.98. The van der Waals surface area contributed by atoms with Gasteiger partial charge >= 0.3 is 0 Å². The lowest BCUT2D eigenvalue weighted by molar-refractivity contribution is -0.111. The van der Waals surface area contributed by atoms with Crippen LogP contribution in [0.25, 0.3) is 6.08 Å². The first kappa shape index (κ1) is 19.0. The quantitative estimate of drug-likeness (QED) is 0.738.